The fourth-order valence-electron chi connectivity index (χ4n) is 3.10. The van der Waals surface area contributed by atoms with Gasteiger partial charge in [0.1, 0.15) is 0 Å². The van der Waals surface area contributed by atoms with E-state index in [0.29, 0.717) is 5.92 Å². The van der Waals surface area contributed by atoms with Crippen LogP contribution in [-0.4, -0.2) is 24.0 Å². The van der Waals surface area contributed by atoms with Gasteiger partial charge in [0, 0.05) is 19.1 Å². The first kappa shape index (κ1) is 11.0. The Balaban J connectivity index is 1.69. The Labute approximate surface area is 93.3 Å². The number of rotatable bonds is 3. The number of hydrogen-bond donors (Lipinski definition) is 0. The lowest BCUT2D eigenvalue weighted by Crippen LogP contribution is -2.52. The summed E-state index contributed by atoms with van der Waals surface area (Å²) in [5, 5.41) is 8.74. The standard InChI is InChI=1S/C13H22N2/c1-2-3-11-4-6-13(7-5-11)15-9-12(8-14)10-15/h11-13H,2-7,9-10H2,1H3. The summed E-state index contributed by atoms with van der Waals surface area (Å²) in [4.78, 5) is 2.52. The molecule has 0 atom stereocenters. The zero-order valence-electron chi connectivity index (χ0n) is 9.78. The predicted molar refractivity (Wildman–Crippen MR) is 61.3 cm³/mol. The van der Waals surface area contributed by atoms with Gasteiger partial charge in [0.05, 0.1) is 12.0 Å². The van der Waals surface area contributed by atoms with Crippen LogP contribution in [0.3, 0.4) is 0 Å². The Bertz CT molecular complexity index is 229. The number of nitrogens with zero attached hydrogens (tertiary/aromatic N) is 2. The molecule has 1 saturated carbocycles. The van der Waals surface area contributed by atoms with Crippen LogP contribution in [-0.2, 0) is 0 Å². The van der Waals surface area contributed by atoms with Gasteiger partial charge in [-0.2, -0.15) is 5.26 Å². The van der Waals surface area contributed by atoms with E-state index in [2.05, 4.69) is 17.9 Å². The summed E-state index contributed by atoms with van der Waals surface area (Å²) in [6.45, 7) is 4.37. The summed E-state index contributed by atoms with van der Waals surface area (Å²) in [6.07, 6.45) is 8.37. The smallest absolute Gasteiger partial charge is 0.0717 e. The van der Waals surface area contributed by atoms with Gasteiger partial charge in [0.15, 0.2) is 0 Å². The largest absolute Gasteiger partial charge is 0.298 e. The quantitative estimate of drug-likeness (QED) is 0.710. The number of likely N-dealkylation sites (tertiary alicyclic amines) is 1. The van der Waals surface area contributed by atoms with Crippen LogP contribution in [0, 0.1) is 23.2 Å². The summed E-state index contributed by atoms with van der Waals surface area (Å²) >= 11 is 0. The molecular formula is C13H22N2. The fourth-order valence-corrected chi connectivity index (χ4v) is 3.10. The van der Waals surface area contributed by atoms with Crippen LogP contribution in [0.25, 0.3) is 0 Å². The zero-order chi connectivity index (χ0) is 10.7. The molecule has 2 rings (SSSR count). The molecule has 0 N–H and O–H groups in total. The molecule has 2 nitrogen and oxygen atoms in total. The van der Waals surface area contributed by atoms with Crippen molar-refractivity contribution in [2.45, 2.75) is 51.5 Å². The van der Waals surface area contributed by atoms with Crippen molar-refractivity contribution in [1.82, 2.24) is 4.90 Å². The first-order valence-corrected chi connectivity index (χ1v) is 6.47. The molecule has 0 aromatic heterocycles. The van der Waals surface area contributed by atoms with E-state index in [1.54, 1.807) is 0 Å². The predicted octanol–water partition coefficient (Wildman–Crippen LogP) is 2.80. The lowest BCUT2D eigenvalue weighted by molar-refractivity contribution is 0.0491. The summed E-state index contributed by atoms with van der Waals surface area (Å²) in [7, 11) is 0. The molecule has 0 amide bonds. The van der Waals surface area contributed by atoms with Crippen molar-refractivity contribution in [2.24, 2.45) is 11.8 Å². The minimum absolute atomic E-state index is 0.332. The highest BCUT2D eigenvalue weighted by Crippen LogP contribution is 2.33. The molecule has 2 aliphatic rings. The maximum absolute atomic E-state index is 8.74. The fraction of sp³-hybridized carbons (Fsp3) is 0.923. The molecule has 1 saturated heterocycles. The van der Waals surface area contributed by atoms with E-state index in [0.717, 1.165) is 25.0 Å². The molecule has 84 valence electrons. The minimum Gasteiger partial charge on any atom is -0.298 e. The van der Waals surface area contributed by atoms with E-state index in [1.165, 1.54) is 38.5 Å². The van der Waals surface area contributed by atoms with Crippen LogP contribution in [0.15, 0.2) is 0 Å². The van der Waals surface area contributed by atoms with E-state index >= 15 is 0 Å². The number of nitriles is 1. The van der Waals surface area contributed by atoms with Crippen molar-refractivity contribution in [1.29, 1.82) is 5.26 Å². The molecule has 2 heteroatoms. The zero-order valence-corrected chi connectivity index (χ0v) is 9.78. The third-order valence-corrected chi connectivity index (χ3v) is 4.12. The molecule has 0 aromatic carbocycles. The third-order valence-electron chi connectivity index (χ3n) is 4.12. The van der Waals surface area contributed by atoms with Gasteiger partial charge in [0.25, 0.3) is 0 Å². The first-order chi connectivity index (χ1) is 7.33. The van der Waals surface area contributed by atoms with Crippen molar-refractivity contribution in [3.8, 4) is 6.07 Å². The Hall–Kier alpha value is -0.550. The van der Waals surface area contributed by atoms with E-state index < -0.39 is 0 Å². The maximum Gasteiger partial charge on any atom is 0.0717 e. The van der Waals surface area contributed by atoms with Gasteiger partial charge >= 0.3 is 0 Å². The second kappa shape index (κ2) is 4.99. The first-order valence-electron chi connectivity index (χ1n) is 6.47. The minimum atomic E-state index is 0.332. The van der Waals surface area contributed by atoms with Gasteiger partial charge in [-0.15, -0.1) is 0 Å². The molecule has 0 bridgehead atoms. The molecule has 1 aliphatic carbocycles. The average Bonchev–Trinajstić information content (AvgIpc) is 2.19. The average molecular weight is 206 g/mol. The molecule has 1 heterocycles. The van der Waals surface area contributed by atoms with Crippen LogP contribution < -0.4 is 0 Å². The second-order valence-corrected chi connectivity index (χ2v) is 5.24. The molecule has 0 spiro atoms. The Morgan fingerprint density at radius 3 is 2.40 bits per heavy atom. The topological polar surface area (TPSA) is 27.0 Å². The lowest BCUT2D eigenvalue weighted by atomic mass is 9.81. The van der Waals surface area contributed by atoms with E-state index in [1.807, 2.05) is 0 Å². The molecule has 1 aliphatic heterocycles. The summed E-state index contributed by atoms with van der Waals surface area (Å²) < 4.78 is 0. The van der Waals surface area contributed by atoms with Crippen molar-refractivity contribution < 1.29 is 0 Å². The van der Waals surface area contributed by atoms with Crippen molar-refractivity contribution in [3.05, 3.63) is 0 Å². The second-order valence-electron chi connectivity index (χ2n) is 5.24. The van der Waals surface area contributed by atoms with Gasteiger partial charge in [-0.05, 0) is 31.6 Å². The molecular weight excluding hydrogens is 184 g/mol. The van der Waals surface area contributed by atoms with Gasteiger partial charge in [-0.1, -0.05) is 19.8 Å². The highest BCUT2D eigenvalue weighted by Gasteiger charge is 2.34. The van der Waals surface area contributed by atoms with Crippen molar-refractivity contribution >= 4 is 0 Å². The molecule has 15 heavy (non-hydrogen) atoms. The molecule has 0 unspecified atom stereocenters. The van der Waals surface area contributed by atoms with E-state index in [4.69, 9.17) is 5.26 Å². The van der Waals surface area contributed by atoms with Crippen LogP contribution in [0.4, 0.5) is 0 Å². The van der Waals surface area contributed by atoms with Crippen LogP contribution in [0.1, 0.15) is 45.4 Å². The Morgan fingerprint density at radius 1 is 1.20 bits per heavy atom. The van der Waals surface area contributed by atoms with E-state index in [9.17, 15) is 0 Å². The van der Waals surface area contributed by atoms with Crippen LogP contribution in [0.5, 0.6) is 0 Å². The highest BCUT2D eigenvalue weighted by molar-refractivity contribution is 4.98. The van der Waals surface area contributed by atoms with Crippen LogP contribution in [0.2, 0.25) is 0 Å². The maximum atomic E-state index is 8.74. The van der Waals surface area contributed by atoms with E-state index in [-0.39, 0.29) is 0 Å². The molecule has 0 aromatic rings. The Kier molecular flexibility index (Phi) is 3.64. The lowest BCUT2D eigenvalue weighted by Gasteiger charge is -2.44. The van der Waals surface area contributed by atoms with Crippen LogP contribution >= 0.6 is 0 Å². The SMILES string of the molecule is CCCC1CCC(N2CC(C#N)C2)CC1. The van der Waals surface area contributed by atoms with Crippen molar-refractivity contribution in [3.63, 3.8) is 0 Å². The monoisotopic (exact) mass is 206 g/mol. The highest BCUT2D eigenvalue weighted by atomic mass is 15.2. The summed E-state index contributed by atoms with van der Waals surface area (Å²) in [6, 6.07) is 3.17. The van der Waals surface area contributed by atoms with Gasteiger partial charge in [-0.3, -0.25) is 4.90 Å². The van der Waals surface area contributed by atoms with Crippen molar-refractivity contribution in [2.75, 3.05) is 13.1 Å². The number of hydrogen-bond acceptors (Lipinski definition) is 2. The molecule has 2 fully saturated rings. The third kappa shape index (κ3) is 2.52. The summed E-state index contributed by atoms with van der Waals surface area (Å²) in [5.74, 6) is 1.33. The normalized spacial score (nSPS) is 33.3. The molecule has 0 radical (unpaired) electrons. The van der Waals surface area contributed by atoms with Gasteiger partial charge in [-0.25, -0.2) is 0 Å². The van der Waals surface area contributed by atoms with Gasteiger partial charge < -0.3 is 0 Å². The van der Waals surface area contributed by atoms with Gasteiger partial charge in [0.2, 0.25) is 0 Å². The Morgan fingerprint density at radius 2 is 1.87 bits per heavy atom. The summed E-state index contributed by atoms with van der Waals surface area (Å²) in [5.41, 5.74) is 0.